The van der Waals surface area contributed by atoms with Gasteiger partial charge in [-0.15, -0.1) is 0 Å². The number of amides is 1. The fourth-order valence-electron chi connectivity index (χ4n) is 2.57. The first-order valence-electron chi connectivity index (χ1n) is 8.84. The summed E-state index contributed by atoms with van der Waals surface area (Å²) in [6, 6.07) is 12.2. The Labute approximate surface area is 150 Å². The molecule has 1 saturated heterocycles. The summed E-state index contributed by atoms with van der Waals surface area (Å²) in [4.78, 5) is 16.3. The fourth-order valence-corrected chi connectivity index (χ4v) is 2.57. The zero-order chi connectivity index (χ0) is 17.9. The number of hydrogen-bond donors (Lipinski definition) is 1. The standard InChI is InChI=1S/C20H26N4O/c1-2-3-10-22-20(25)19(16-21)17-24-14-12-23(13-15-24)11-9-18-7-5-4-6-8-18/h4-9,11,17H,2-3,10,12-15H2,1H3,(H,22,25)/b11-9+,19-17+. The van der Waals surface area contributed by atoms with Crippen molar-refractivity contribution in [2.24, 2.45) is 0 Å². The Morgan fingerprint density at radius 3 is 2.52 bits per heavy atom. The number of carbonyl (C=O) groups excluding carboxylic acids is 1. The molecule has 0 atom stereocenters. The summed E-state index contributed by atoms with van der Waals surface area (Å²) in [5.74, 6) is -0.276. The lowest BCUT2D eigenvalue weighted by Gasteiger charge is -2.33. The first-order valence-corrected chi connectivity index (χ1v) is 8.84. The molecular weight excluding hydrogens is 312 g/mol. The number of benzene rings is 1. The van der Waals surface area contributed by atoms with E-state index in [4.69, 9.17) is 0 Å². The van der Waals surface area contributed by atoms with Crippen LogP contribution in [-0.2, 0) is 4.79 Å². The lowest BCUT2D eigenvalue weighted by atomic mass is 10.2. The molecule has 5 nitrogen and oxygen atoms in total. The van der Waals surface area contributed by atoms with E-state index in [1.807, 2.05) is 29.2 Å². The van der Waals surface area contributed by atoms with E-state index < -0.39 is 0 Å². The molecule has 1 aliphatic rings. The van der Waals surface area contributed by atoms with E-state index in [-0.39, 0.29) is 11.5 Å². The number of piperazine rings is 1. The van der Waals surface area contributed by atoms with Crippen LogP contribution in [0.15, 0.2) is 48.3 Å². The number of unbranched alkanes of at least 4 members (excludes halogenated alkanes) is 1. The highest BCUT2D eigenvalue weighted by Crippen LogP contribution is 2.08. The normalized spacial score (nSPS) is 15.3. The van der Waals surface area contributed by atoms with Crippen LogP contribution in [0.3, 0.4) is 0 Å². The zero-order valence-corrected chi connectivity index (χ0v) is 14.8. The summed E-state index contributed by atoms with van der Waals surface area (Å²) in [5, 5.41) is 12.0. The van der Waals surface area contributed by atoms with Crippen molar-refractivity contribution in [3.05, 3.63) is 53.9 Å². The van der Waals surface area contributed by atoms with Gasteiger partial charge in [-0.1, -0.05) is 43.7 Å². The lowest BCUT2D eigenvalue weighted by molar-refractivity contribution is -0.117. The van der Waals surface area contributed by atoms with Gasteiger partial charge in [0.2, 0.25) is 0 Å². The Balaban J connectivity index is 1.83. The minimum Gasteiger partial charge on any atom is -0.374 e. The lowest BCUT2D eigenvalue weighted by Crippen LogP contribution is -2.41. The first-order chi connectivity index (χ1) is 12.2. The molecule has 1 aliphatic heterocycles. The van der Waals surface area contributed by atoms with E-state index >= 15 is 0 Å². The van der Waals surface area contributed by atoms with Crippen LogP contribution in [-0.4, -0.2) is 48.4 Å². The van der Waals surface area contributed by atoms with Crippen LogP contribution in [0.4, 0.5) is 0 Å². The van der Waals surface area contributed by atoms with Crippen molar-refractivity contribution in [2.45, 2.75) is 19.8 Å². The third-order valence-electron chi connectivity index (χ3n) is 4.12. The van der Waals surface area contributed by atoms with Gasteiger partial charge in [-0.3, -0.25) is 4.79 Å². The Kier molecular flexibility index (Phi) is 7.58. The third-order valence-corrected chi connectivity index (χ3v) is 4.12. The molecule has 1 heterocycles. The van der Waals surface area contributed by atoms with Crippen LogP contribution in [0.5, 0.6) is 0 Å². The van der Waals surface area contributed by atoms with Gasteiger partial charge in [-0.25, -0.2) is 0 Å². The SMILES string of the molecule is CCCCNC(=O)/C(C#N)=C/N1CCN(/C=C/c2ccccc2)CC1. The highest BCUT2D eigenvalue weighted by Gasteiger charge is 2.15. The molecule has 0 aliphatic carbocycles. The third kappa shape index (κ3) is 6.34. The van der Waals surface area contributed by atoms with Gasteiger partial charge in [0.15, 0.2) is 0 Å². The molecule has 1 aromatic carbocycles. The van der Waals surface area contributed by atoms with Gasteiger partial charge < -0.3 is 15.1 Å². The summed E-state index contributed by atoms with van der Waals surface area (Å²) in [6.45, 7) is 6.02. The van der Waals surface area contributed by atoms with E-state index in [0.29, 0.717) is 6.54 Å². The number of rotatable bonds is 7. The average Bonchev–Trinajstić information content (AvgIpc) is 2.66. The zero-order valence-electron chi connectivity index (χ0n) is 14.8. The Bertz CT molecular complexity index is 637. The van der Waals surface area contributed by atoms with Crippen molar-refractivity contribution < 1.29 is 4.79 Å². The van der Waals surface area contributed by atoms with Crippen LogP contribution < -0.4 is 5.32 Å². The minimum absolute atomic E-state index is 0.185. The van der Waals surface area contributed by atoms with Gasteiger partial charge in [-0.05, 0) is 24.3 Å². The van der Waals surface area contributed by atoms with Crippen molar-refractivity contribution in [3.63, 3.8) is 0 Å². The Morgan fingerprint density at radius 2 is 1.88 bits per heavy atom. The number of carbonyl (C=O) groups is 1. The summed E-state index contributed by atoms with van der Waals surface area (Å²) >= 11 is 0. The predicted molar refractivity (Wildman–Crippen MR) is 100 cm³/mol. The number of nitrogens with one attached hydrogen (secondary N) is 1. The van der Waals surface area contributed by atoms with Crippen molar-refractivity contribution in [1.82, 2.24) is 15.1 Å². The van der Waals surface area contributed by atoms with Crippen molar-refractivity contribution in [1.29, 1.82) is 5.26 Å². The van der Waals surface area contributed by atoms with Crippen molar-refractivity contribution >= 4 is 12.0 Å². The van der Waals surface area contributed by atoms with Gasteiger partial charge in [0.05, 0.1) is 0 Å². The Morgan fingerprint density at radius 1 is 1.20 bits per heavy atom. The molecule has 0 unspecified atom stereocenters. The van der Waals surface area contributed by atoms with Crippen molar-refractivity contribution in [2.75, 3.05) is 32.7 Å². The maximum Gasteiger partial charge on any atom is 0.263 e. The summed E-state index contributed by atoms with van der Waals surface area (Å²) in [7, 11) is 0. The van der Waals surface area contributed by atoms with Gasteiger partial charge in [-0.2, -0.15) is 5.26 Å². The highest BCUT2D eigenvalue weighted by atomic mass is 16.1. The van der Waals surface area contributed by atoms with E-state index in [1.165, 1.54) is 5.56 Å². The second-order valence-electron chi connectivity index (χ2n) is 6.06. The first kappa shape index (κ1) is 18.6. The molecule has 1 N–H and O–H groups in total. The maximum atomic E-state index is 12.0. The second kappa shape index (κ2) is 10.2. The predicted octanol–water partition coefficient (Wildman–Crippen LogP) is 2.60. The van der Waals surface area contributed by atoms with Gasteiger partial charge in [0.1, 0.15) is 11.6 Å². The molecule has 1 aromatic rings. The molecule has 5 heteroatoms. The number of nitrogens with zero attached hydrogens (tertiary/aromatic N) is 3. The van der Waals surface area contributed by atoms with Gasteiger partial charge >= 0.3 is 0 Å². The largest absolute Gasteiger partial charge is 0.374 e. The quantitative estimate of drug-likeness (QED) is 0.472. The molecular formula is C20H26N4O. The molecule has 2 rings (SSSR count). The molecule has 1 amide bonds. The number of hydrogen-bond acceptors (Lipinski definition) is 4. The van der Waals surface area contributed by atoms with E-state index in [9.17, 15) is 10.1 Å². The van der Waals surface area contributed by atoms with Crippen LogP contribution in [0.2, 0.25) is 0 Å². The van der Waals surface area contributed by atoms with Gasteiger partial charge in [0, 0.05) is 38.9 Å². The Hall–Kier alpha value is -2.74. The van der Waals surface area contributed by atoms with E-state index in [1.54, 1.807) is 6.20 Å². The molecule has 25 heavy (non-hydrogen) atoms. The summed E-state index contributed by atoms with van der Waals surface area (Å²) < 4.78 is 0. The van der Waals surface area contributed by atoms with Crippen LogP contribution >= 0.6 is 0 Å². The summed E-state index contributed by atoms with van der Waals surface area (Å²) in [5.41, 5.74) is 1.37. The van der Waals surface area contributed by atoms with Gasteiger partial charge in [0.25, 0.3) is 5.91 Å². The minimum atomic E-state index is -0.276. The van der Waals surface area contributed by atoms with E-state index in [2.05, 4.69) is 41.5 Å². The monoisotopic (exact) mass is 338 g/mol. The summed E-state index contributed by atoms with van der Waals surface area (Å²) in [6.07, 6.45) is 7.85. The molecule has 0 aromatic heterocycles. The van der Waals surface area contributed by atoms with Crippen molar-refractivity contribution in [3.8, 4) is 6.07 Å². The van der Waals surface area contributed by atoms with Crippen LogP contribution in [0, 0.1) is 11.3 Å². The van der Waals surface area contributed by atoms with E-state index in [0.717, 1.165) is 39.0 Å². The molecule has 0 saturated carbocycles. The molecule has 0 spiro atoms. The topological polar surface area (TPSA) is 59.4 Å². The number of nitriles is 1. The average molecular weight is 338 g/mol. The van der Waals surface area contributed by atoms with Crippen LogP contribution in [0.1, 0.15) is 25.3 Å². The molecule has 0 radical (unpaired) electrons. The maximum absolute atomic E-state index is 12.0. The highest BCUT2D eigenvalue weighted by molar-refractivity contribution is 5.97. The second-order valence-corrected chi connectivity index (χ2v) is 6.06. The molecule has 0 bridgehead atoms. The fraction of sp³-hybridized carbons (Fsp3) is 0.400. The smallest absolute Gasteiger partial charge is 0.263 e. The molecule has 132 valence electrons. The molecule has 1 fully saturated rings. The van der Waals surface area contributed by atoms with Crippen LogP contribution in [0.25, 0.3) is 6.08 Å².